The number of anilines is 2. The molecule has 6 heteroatoms. The van der Waals surface area contributed by atoms with Gasteiger partial charge in [-0.3, -0.25) is 4.98 Å². The van der Waals surface area contributed by atoms with Gasteiger partial charge in [0.1, 0.15) is 5.60 Å². The third kappa shape index (κ3) is 3.53. The van der Waals surface area contributed by atoms with Crippen LogP contribution in [-0.4, -0.2) is 47.8 Å². The summed E-state index contributed by atoms with van der Waals surface area (Å²) in [5, 5.41) is 1.04. The number of carbonyl (C=O) groups is 1. The summed E-state index contributed by atoms with van der Waals surface area (Å²) in [4.78, 5) is 20.6. The van der Waals surface area contributed by atoms with Gasteiger partial charge in [-0.25, -0.2) is 4.79 Å². The van der Waals surface area contributed by atoms with Crippen LogP contribution in [0, 0.1) is 0 Å². The van der Waals surface area contributed by atoms with Crippen molar-refractivity contribution in [1.29, 1.82) is 0 Å². The van der Waals surface area contributed by atoms with Crippen LogP contribution in [0.1, 0.15) is 20.8 Å². The zero-order valence-corrected chi connectivity index (χ0v) is 14.5. The number of pyridine rings is 1. The maximum Gasteiger partial charge on any atom is 0.410 e. The number of hydrogen-bond acceptors (Lipinski definition) is 5. The second-order valence-electron chi connectivity index (χ2n) is 7.06. The summed E-state index contributed by atoms with van der Waals surface area (Å²) in [6.45, 7) is 8.44. The molecule has 1 aromatic carbocycles. The Hall–Kier alpha value is -2.50. The maximum atomic E-state index is 12.2. The summed E-state index contributed by atoms with van der Waals surface area (Å²) < 4.78 is 5.45. The number of carbonyl (C=O) groups excluding carboxylic acids is 1. The van der Waals surface area contributed by atoms with Crippen LogP contribution in [0.25, 0.3) is 10.9 Å². The van der Waals surface area contributed by atoms with Crippen molar-refractivity contribution in [2.24, 2.45) is 0 Å². The molecular weight excluding hydrogens is 304 g/mol. The monoisotopic (exact) mass is 328 g/mol. The van der Waals surface area contributed by atoms with Gasteiger partial charge in [0.2, 0.25) is 0 Å². The molecule has 1 amide bonds. The summed E-state index contributed by atoms with van der Waals surface area (Å²) >= 11 is 0. The smallest absolute Gasteiger partial charge is 0.410 e. The predicted octanol–water partition coefficient (Wildman–Crippen LogP) is 2.87. The van der Waals surface area contributed by atoms with Crippen molar-refractivity contribution in [3.63, 3.8) is 0 Å². The van der Waals surface area contributed by atoms with Crippen LogP contribution >= 0.6 is 0 Å². The first-order valence-electron chi connectivity index (χ1n) is 8.21. The lowest BCUT2D eigenvalue weighted by Gasteiger charge is -2.37. The van der Waals surface area contributed by atoms with Gasteiger partial charge in [-0.15, -0.1) is 0 Å². The molecular formula is C18H24N4O2. The molecule has 0 saturated carbocycles. The highest BCUT2D eigenvalue weighted by Gasteiger charge is 2.26. The van der Waals surface area contributed by atoms with Crippen molar-refractivity contribution in [1.82, 2.24) is 9.88 Å². The van der Waals surface area contributed by atoms with Gasteiger partial charge in [0.05, 0.1) is 5.52 Å². The van der Waals surface area contributed by atoms with E-state index in [2.05, 4.69) is 9.88 Å². The molecule has 1 saturated heterocycles. The quantitative estimate of drug-likeness (QED) is 0.815. The Balaban J connectivity index is 1.73. The second-order valence-corrected chi connectivity index (χ2v) is 7.06. The number of amides is 1. The molecule has 1 fully saturated rings. The number of aromatic nitrogens is 1. The Kier molecular flexibility index (Phi) is 4.22. The largest absolute Gasteiger partial charge is 0.444 e. The highest BCUT2D eigenvalue weighted by molar-refractivity contribution is 5.93. The minimum Gasteiger partial charge on any atom is -0.444 e. The lowest BCUT2D eigenvalue weighted by atomic mass is 10.1. The van der Waals surface area contributed by atoms with E-state index >= 15 is 0 Å². The average molecular weight is 328 g/mol. The van der Waals surface area contributed by atoms with Crippen LogP contribution in [0.4, 0.5) is 16.2 Å². The average Bonchev–Trinajstić information content (AvgIpc) is 2.53. The third-order valence-electron chi connectivity index (χ3n) is 4.01. The lowest BCUT2D eigenvalue weighted by Crippen LogP contribution is -2.50. The zero-order valence-electron chi connectivity index (χ0n) is 14.5. The highest BCUT2D eigenvalue weighted by atomic mass is 16.6. The predicted molar refractivity (Wildman–Crippen MR) is 96.2 cm³/mol. The van der Waals surface area contributed by atoms with Gasteiger partial charge >= 0.3 is 6.09 Å². The van der Waals surface area contributed by atoms with Crippen LogP contribution in [0.5, 0.6) is 0 Å². The van der Waals surface area contributed by atoms with Gasteiger partial charge in [-0.1, -0.05) is 0 Å². The van der Waals surface area contributed by atoms with E-state index in [1.54, 1.807) is 4.90 Å². The van der Waals surface area contributed by atoms with E-state index in [0.717, 1.165) is 35.4 Å². The Morgan fingerprint density at radius 2 is 1.88 bits per heavy atom. The number of rotatable bonds is 1. The molecule has 24 heavy (non-hydrogen) atoms. The Labute approximate surface area is 142 Å². The number of nitrogens with two attached hydrogens (primary N) is 1. The number of fused-ring (bicyclic) bond motifs is 1. The second kappa shape index (κ2) is 6.19. The zero-order chi connectivity index (χ0) is 17.3. The molecule has 0 bridgehead atoms. The summed E-state index contributed by atoms with van der Waals surface area (Å²) in [6.07, 6.45) is 1.57. The van der Waals surface area contributed by atoms with Gasteiger partial charge in [0.25, 0.3) is 0 Å². The minimum absolute atomic E-state index is 0.244. The number of ether oxygens (including phenoxy) is 1. The van der Waals surface area contributed by atoms with Crippen LogP contribution in [-0.2, 0) is 4.74 Å². The Morgan fingerprint density at radius 3 is 2.54 bits per heavy atom. The molecule has 0 atom stereocenters. The van der Waals surface area contributed by atoms with Gasteiger partial charge in [-0.05, 0) is 45.0 Å². The summed E-state index contributed by atoms with van der Waals surface area (Å²) in [6, 6.07) is 7.76. The van der Waals surface area contributed by atoms with E-state index in [4.69, 9.17) is 10.5 Å². The highest BCUT2D eigenvalue weighted by Crippen LogP contribution is 2.28. The van der Waals surface area contributed by atoms with Crippen molar-refractivity contribution >= 4 is 28.4 Å². The molecule has 1 aliphatic rings. The topological polar surface area (TPSA) is 71.7 Å². The fourth-order valence-electron chi connectivity index (χ4n) is 2.88. The standard InChI is InChI=1S/C18H24N4O2/c1-18(2,3)24-17(23)22-10-8-21(9-11-22)16-6-7-20-15-5-4-13(19)12-14(15)16/h4-7,12H,8-11,19H2,1-3H3. The van der Waals surface area contributed by atoms with Gasteiger partial charge in [0, 0.05) is 49.1 Å². The van der Waals surface area contributed by atoms with Gasteiger partial charge < -0.3 is 20.3 Å². The fourth-order valence-corrected chi connectivity index (χ4v) is 2.88. The van der Waals surface area contributed by atoms with Crippen LogP contribution < -0.4 is 10.6 Å². The molecule has 2 N–H and O–H groups in total. The van der Waals surface area contributed by atoms with E-state index in [-0.39, 0.29) is 6.09 Å². The van der Waals surface area contributed by atoms with Gasteiger partial charge in [0.15, 0.2) is 0 Å². The molecule has 0 radical (unpaired) electrons. The Morgan fingerprint density at radius 1 is 1.17 bits per heavy atom. The fraction of sp³-hybridized carbons (Fsp3) is 0.444. The summed E-state index contributed by atoms with van der Waals surface area (Å²) in [7, 11) is 0. The first-order chi connectivity index (χ1) is 11.3. The Bertz CT molecular complexity index is 746. The molecule has 0 unspecified atom stereocenters. The van der Waals surface area contributed by atoms with Crippen molar-refractivity contribution in [2.45, 2.75) is 26.4 Å². The normalized spacial score (nSPS) is 15.6. The van der Waals surface area contributed by atoms with Gasteiger partial charge in [-0.2, -0.15) is 0 Å². The minimum atomic E-state index is -0.465. The molecule has 6 nitrogen and oxygen atoms in total. The van der Waals surface area contributed by atoms with E-state index < -0.39 is 5.60 Å². The summed E-state index contributed by atoms with van der Waals surface area (Å²) in [5.74, 6) is 0. The third-order valence-corrected chi connectivity index (χ3v) is 4.01. The molecule has 0 aliphatic carbocycles. The van der Waals surface area contributed by atoms with E-state index in [1.807, 2.05) is 51.2 Å². The van der Waals surface area contributed by atoms with Crippen molar-refractivity contribution in [2.75, 3.05) is 36.8 Å². The molecule has 128 valence electrons. The van der Waals surface area contributed by atoms with E-state index in [0.29, 0.717) is 13.1 Å². The molecule has 2 aromatic rings. The first kappa shape index (κ1) is 16.4. The molecule has 1 aromatic heterocycles. The molecule has 0 spiro atoms. The van der Waals surface area contributed by atoms with E-state index in [1.165, 1.54) is 0 Å². The van der Waals surface area contributed by atoms with Crippen LogP contribution in [0.15, 0.2) is 30.5 Å². The van der Waals surface area contributed by atoms with Crippen molar-refractivity contribution < 1.29 is 9.53 Å². The van der Waals surface area contributed by atoms with Crippen molar-refractivity contribution in [3.05, 3.63) is 30.5 Å². The number of piperazine rings is 1. The number of nitrogens with zero attached hydrogens (tertiary/aromatic N) is 3. The lowest BCUT2D eigenvalue weighted by molar-refractivity contribution is 0.0241. The molecule has 3 rings (SSSR count). The SMILES string of the molecule is CC(C)(C)OC(=O)N1CCN(c2ccnc3ccc(N)cc23)CC1. The number of nitrogen functional groups attached to an aromatic ring is 1. The maximum absolute atomic E-state index is 12.2. The van der Waals surface area contributed by atoms with E-state index in [9.17, 15) is 4.79 Å². The first-order valence-corrected chi connectivity index (χ1v) is 8.21. The number of hydrogen-bond donors (Lipinski definition) is 1. The molecule has 2 heterocycles. The van der Waals surface area contributed by atoms with Crippen LogP contribution in [0.3, 0.4) is 0 Å². The molecule has 1 aliphatic heterocycles. The van der Waals surface area contributed by atoms with Crippen molar-refractivity contribution in [3.8, 4) is 0 Å². The number of benzene rings is 1. The summed E-state index contributed by atoms with van der Waals surface area (Å²) in [5.41, 5.74) is 8.22. The van der Waals surface area contributed by atoms with Crippen LogP contribution in [0.2, 0.25) is 0 Å².